The third-order valence-corrected chi connectivity index (χ3v) is 10.2. The van der Waals surface area contributed by atoms with Crippen LogP contribution in [-0.2, 0) is 0 Å². The number of nitrogens with zero attached hydrogens (tertiary/aromatic N) is 1. The molecule has 52 heavy (non-hydrogen) atoms. The lowest BCUT2D eigenvalue weighted by Gasteiger charge is -2.27. The van der Waals surface area contributed by atoms with Gasteiger partial charge in [-0.05, 0) is 116 Å². The fourth-order valence-corrected chi connectivity index (χ4v) is 7.62. The summed E-state index contributed by atoms with van der Waals surface area (Å²) < 4.78 is 6.22. The second kappa shape index (κ2) is 12.5. The Hall–Kier alpha value is -6.90. The second-order valence-electron chi connectivity index (χ2n) is 13.4. The van der Waals surface area contributed by atoms with Gasteiger partial charge in [0, 0.05) is 27.8 Å². The molecular weight excluding hydrogens is 631 g/mol. The van der Waals surface area contributed by atoms with E-state index in [9.17, 15) is 0 Å². The number of hydrogen-bond acceptors (Lipinski definition) is 2. The molecule has 0 N–H and O–H groups in total. The summed E-state index contributed by atoms with van der Waals surface area (Å²) in [4.78, 5) is 2.37. The van der Waals surface area contributed by atoms with E-state index in [-0.39, 0.29) is 0 Å². The van der Waals surface area contributed by atoms with Crippen molar-refractivity contribution in [3.05, 3.63) is 200 Å². The number of fused-ring (bicyclic) bond motifs is 6. The van der Waals surface area contributed by atoms with Crippen LogP contribution in [0, 0.1) is 0 Å². The molecule has 1 aromatic heterocycles. The van der Waals surface area contributed by atoms with Crippen molar-refractivity contribution in [3.63, 3.8) is 0 Å². The Morgan fingerprint density at radius 3 is 1.60 bits per heavy atom. The molecule has 0 amide bonds. The van der Waals surface area contributed by atoms with Crippen LogP contribution in [0.15, 0.2) is 205 Å². The molecule has 0 fully saturated rings. The molecule has 0 spiro atoms. The highest BCUT2D eigenvalue weighted by Crippen LogP contribution is 2.41. The van der Waals surface area contributed by atoms with Gasteiger partial charge in [0.15, 0.2) is 0 Å². The summed E-state index contributed by atoms with van der Waals surface area (Å²) in [6.45, 7) is 0. The van der Waals surface area contributed by atoms with Gasteiger partial charge in [0.2, 0.25) is 0 Å². The summed E-state index contributed by atoms with van der Waals surface area (Å²) in [5, 5.41) is 7.10. The van der Waals surface area contributed by atoms with Crippen molar-refractivity contribution in [2.45, 2.75) is 0 Å². The summed E-state index contributed by atoms with van der Waals surface area (Å²) in [5.41, 5.74) is 12.3. The molecule has 10 aromatic rings. The maximum Gasteiger partial charge on any atom is 0.136 e. The number of para-hydroxylation sites is 1. The smallest absolute Gasteiger partial charge is 0.136 e. The molecule has 0 atom stereocenters. The van der Waals surface area contributed by atoms with Crippen LogP contribution in [0.5, 0.6) is 0 Å². The molecule has 244 valence electrons. The molecule has 1 heterocycles. The Kier molecular flexibility index (Phi) is 7.18. The lowest BCUT2D eigenvalue weighted by atomic mass is 9.98. The van der Waals surface area contributed by atoms with E-state index in [1.54, 1.807) is 0 Å². The minimum absolute atomic E-state index is 0.919. The summed E-state index contributed by atoms with van der Waals surface area (Å²) in [6.07, 6.45) is 0. The molecule has 0 aliphatic heterocycles. The third-order valence-electron chi connectivity index (χ3n) is 10.2. The fraction of sp³-hybridized carbons (Fsp3) is 0. The molecule has 0 bridgehead atoms. The first kappa shape index (κ1) is 30.0. The normalized spacial score (nSPS) is 11.5. The van der Waals surface area contributed by atoms with Crippen LogP contribution in [0.3, 0.4) is 0 Å². The Bertz CT molecular complexity index is 2890. The first-order valence-corrected chi connectivity index (χ1v) is 17.7. The van der Waals surface area contributed by atoms with E-state index in [1.807, 2.05) is 12.1 Å². The van der Waals surface area contributed by atoms with Gasteiger partial charge >= 0.3 is 0 Å². The van der Waals surface area contributed by atoms with Crippen LogP contribution >= 0.6 is 0 Å². The minimum atomic E-state index is 0.919. The number of benzene rings is 9. The average molecular weight is 664 g/mol. The van der Waals surface area contributed by atoms with Gasteiger partial charge in [-0.3, -0.25) is 0 Å². The van der Waals surface area contributed by atoms with E-state index in [4.69, 9.17) is 4.42 Å². The molecule has 2 heteroatoms. The van der Waals surface area contributed by atoms with Crippen LogP contribution < -0.4 is 4.90 Å². The maximum absolute atomic E-state index is 6.22. The molecule has 0 unspecified atom stereocenters. The zero-order valence-corrected chi connectivity index (χ0v) is 28.4. The van der Waals surface area contributed by atoms with Gasteiger partial charge < -0.3 is 9.32 Å². The molecule has 0 radical (unpaired) electrons. The van der Waals surface area contributed by atoms with Gasteiger partial charge in [-0.15, -0.1) is 0 Å². The molecule has 9 aromatic carbocycles. The quantitative estimate of drug-likeness (QED) is 0.165. The van der Waals surface area contributed by atoms with Crippen molar-refractivity contribution < 1.29 is 4.42 Å². The first-order chi connectivity index (χ1) is 25.7. The average Bonchev–Trinajstić information content (AvgIpc) is 3.58. The van der Waals surface area contributed by atoms with Crippen LogP contribution in [0.2, 0.25) is 0 Å². The zero-order valence-electron chi connectivity index (χ0n) is 28.4. The van der Waals surface area contributed by atoms with E-state index in [2.05, 4.69) is 193 Å². The van der Waals surface area contributed by atoms with Gasteiger partial charge in [0.05, 0.1) is 0 Å². The van der Waals surface area contributed by atoms with Crippen molar-refractivity contribution in [3.8, 4) is 33.4 Å². The summed E-state index contributed by atoms with van der Waals surface area (Å²) in [5.74, 6) is 0. The summed E-state index contributed by atoms with van der Waals surface area (Å²) >= 11 is 0. The Morgan fingerprint density at radius 1 is 0.269 bits per heavy atom. The largest absolute Gasteiger partial charge is 0.456 e. The van der Waals surface area contributed by atoms with Crippen molar-refractivity contribution in [1.82, 2.24) is 0 Å². The van der Waals surface area contributed by atoms with Crippen LogP contribution in [-0.4, -0.2) is 0 Å². The highest BCUT2D eigenvalue weighted by atomic mass is 16.3. The van der Waals surface area contributed by atoms with E-state index >= 15 is 0 Å². The number of rotatable bonds is 6. The van der Waals surface area contributed by atoms with E-state index in [0.717, 1.165) is 39.0 Å². The molecule has 0 aliphatic rings. The molecule has 0 aliphatic carbocycles. The second-order valence-corrected chi connectivity index (χ2v) is 13.4. The molecule has 0 saturated heterocycles. The van der Waals surface area contributed by atoms with Gasteiger partial charge in [0.1, 0.15) is 11.2 Å². The third kappa shape index (κ3) is 5.30. The van der Waals surface area contributed by atoms with Crippen molar-refractivity contribution in [2.75, 3.05) is 4.90 Å². The summed E-state index contributed by atoms with van der Waals surface area (Å²) in [6, 6.07) is 71.8. The Balaban J connectivity index is 1.11. The monoisotopic (exact) mass is 663 g/mol. The predicted octanol–water partition coefficient (Wildman–Crippen LogP) is 14.4. The molecule has 10 rings (SSSR count). The Labute approximate surface area is 302 Å². The van der Waals surface area contributed by atoms with Crippen LogP contribution in [0.4, 0.5) is 17.1 Å². The van der Waals surface area contributed by atoms with E-state index < -0.39 is 0 Å². The molecular formula is C50H33NO. The van der Waals surface area contributed by atoms with Gasteiger partial charge in [-0.2, -0.15) is 0 Å². The minimum Gasteiger partial charge on any atom is -0.456 e. The SMILES string of the molecule is c1ccc(-c2ccc(N(c3cccc(-c4cccc(-c5ccccc5)c4)c3)c3ccc4c(ccc5cc6oc7ccccc7c6cc54)c3)cc2)cc1. The van der Waals surface area contributed by atoms with Gasteiger partial charge in [-0.25, -0.2) is 0 Å². The topological polar surface area (TPSA) is 16.4 Å². The van der Waals surface area contributed by atoms with Gasteiger partial charge in [-0.1, -0.05) is 140 Å². The number of hydrogen-bond donors (Lipinski definition) is 0. The fourth-order valence-electron chi connectivity index (χ4n) is 7.62. The lowest BCUT2D eigenvalue weighted by Crippen LogP contribution is -2.10. The lowest BCUT2D eigenvalue weighted by molar-refractivity contribution is 0.669. The highest BCUT2D eigenvalue weighted by Gasteiger charge is 2.16. The van der Waals surface area contributed by atoms with E-state index in [1.165, 1.54) is 54.9 Å². The van der Waals surface area contributed by atoms with Crippen LogP contribution in [0.1, 0.15) is 0 Å². The highest BCUT2D eigenvalue weighted by molar-refractivity contribution is 6.16. The number of anilines is 3. The van der Waals surface area contributed by atoms with Crippen molar-refractivity contribution >= 4 is 60.5 Å². The first-order valence-electron chi connectivity index (χ1n) is 17.7. The molecule has 2 nitrogen and oxygen atoms in total. The predicted molar refractivity (Wildman–Crippen MR) is 220 cm³/mol. The van der Waals surface area contributed by atoms with Crippen molar-refractivity contribution in [1.29, 1.82) is 0 Å². The van der Waals surface area contributed by atoms with Crippen molar-refractivity contribution in [2.24, 2.45) is 0 Å². The number of furan rings is 1. The van der Waals surface area contributed by atoms with Crippen LogP contribution in [0.25, 0.3) is 76.9 Å². The zero-order chi connectivity index (χ0) is 34.4. The molecule has 0 saturated carbocycles. The maximum atomic E-state index is 6.22. The standard InChI is InChI=1S/C50H33NO/c1-3-11-34(12-4-1)36-23-25-42(26-24-36)51(43-18-10-17-39(30-43)38-16-9-15-37(29-38)35-13-5-2-6-14-35)44-27-28-45-40(31-44)21-22-41-32-50-48(33-47(41)45)46-19-7-8-20-49(46)52-50/h1-33H. The van der Waals surface area contributed by atoms with Gasteiger partial charge in [0.25, 0.3) is 0 Å². The van der Waals surface area contributed by atoms with E-state index in [0.29, 0.717) is 0 Å². The Morgan fingerprint density at radius 2 is 0.827 bits per heavy atom. The summed E-state index contributed by atoms with van der Waals surface area (Å²) in [7, 11) is 0.